The predicted octanol–water partition coefficient (Wildman–Crippen LogP) is 6.90. The fourth-order valence-corrected chi connectivity index (χ4v) is 3.41. The van der Waals surface area contributed by atoms with Gasteiger partial charge in [0.1, 0.15) is 11.5 Å². The quantitative estimate of drug-likeness (QED) is 0.341. The molecule has 0 bridgehead atoms. The minimum absolute atomic E-state index is 0.0309. The van der Waals surface area contributed by atoms with Gasteiger partial charge in [0.15, 0.2) is 18.4 Å². The van der Waals surface area contributed by atoms with Gasteiger partial charge in [-0.15, -0.1) is 0 Å². The average molecular weight is 409 g/mol. The summed E-state index contributed by atoms with van der Waals surface area (Å²) in [4.78, 5) is 0. The molecule has 0 aliphatic heterocycles. The van der Waals surface area contributed by atoms with Crippen molar-refractivity contribution in [1.29, 1.82) is 0 Å². The Kier molecular flexibility index (Phi) is 7.47. The molecule has 4 heteroatoms. The second-order valence-electron chi connectivity index (χ2n) is 7.99. The molecule has 0 fully saturated rings. The first-order valence-electron chi connectivity index (χ1n) is 10.2. The zero-order chi connectivity index (χ0) is 21.4. The van der Waals surface area contributed by atoms with Crippen molar-refractivity contribution in [3.05, 3.63) is 89.7 Å². The van der Waals surface area contributed by atoms with Gasteiger partial charge in [0.25, 0.3) is 0 Å². The number of hydrogen-bond acceptors (Lipinski definition) is 3. The number of aryl methyl sites for hydroxylation is 1. The zero-order valence-electron chi connectivity index (χ0n) is 17.9. The van der Waals surface area contributed by atoms with Crippen LogP contribution in [-0.4, -0.2) is 13.9 Å². The summed E-state index contributed by atoms with van der Waals surface area (Å²) in [6.45, 7) is 4.73. The van der Waals surface area contributed by atoms with Crippen LogP contribution in [0.15, 0.2) is 72.8 Å². The smallest absolute Gasteiger partial charge is 0.188 e. The predicted molar refractivity (Wildman–Crippen MR) is 118 cm³/mol. The molecule has 0 heterocycles. The van der Waals surface area contributed by atoms with E-state index in [2.05, 4.69) is 26.0 Å². The summed E-state index contributed by atoms with van der Waals surface area (Å²) in [5, 5.41) is 0. The maximum atomic E-state index is 14.2. The Bertz CT molecular complexity index is 921. The highest BCUT2D eigenvalue weighted by atomic mass is 19.1. The summed E-state index contributed by atoms with van der Waals surface area (Å²) in [6, 6.07) is 22.6. The van der Waals surface area contributed by atoms with Crippen LogP contribution in [0.1, 0.15) is 37.8 Å². The Morgan fingerprint density at radius 2 is 1.60 bits per heavy atom. The van der Waals surface area contributed by atoms with Crippen molar-refractivity contribution in [2.24, 2.45) is 0 Å². The third-order valence-corrected chi connectivity index (χ3v) is 5.21. The van der Waals surface area contributed by atoms with E-state index in [1.165, 1.54) is 11.6 Å². The van der Waals surface area contributed by atoms with Gasteiger partial charge < -0.3 is 14.2 Å². The number of ether oxygens (including phenoxy) is 3. The van der Waals surface area contributed by atoms with E-state index in [1.807, 2.05) is 48.5 Å². The van der Waals surface area contributed by atoms with E-state index >= 15 is 0 Å². The molecule has 0 atom stereocenters. The molecule has 0 unspecified atom stereocenters. The minimum Gasteiger partial charge on any atom is -0.468 e. The van der Waals surface area contributed by atoms with E-state index in [9.17, 15) is 4.39 Å². The van der Waals surface area contributed by atoms with Crippen LogP contribution in [0.25, 0.3) is 0 Å². The lowest BCUT2D eigenvalue weighted by atomic mass is 9.80. The zero-order valence-corrected chi connectivity index (χ0v) is 17.9. The van der Waals surface area contributed by atoms with E-state index in [4.69, 9.17) is 14.2 Å². The first-order valence-corrected chi connectivity index (χ1v) is 10.2. The maximum absolute atomic E-state index is 14.2. The monoisotopic (exact) mass is 408 g/mol. The third-order valence-electron chi connectivity index (χ3n) is 5.21. The second-order valence-corrected chi connectivity index (χ2v) is 7.99. The molecule has 3 nitrogen and oxygen atoms in total. The lowest BCUT2D eigenvalue weighted by Gasteiger charge is -2.25. The molecule has 30 heavy (non-hydrogen) atoms. The summed E-state index contributed by atoms with van der Waals surface area (Å²) in [5.74, 6) is 1.35. The summed E-state index contributed by atoms with van der Waals surface area (Å²) in [5.41, 5.74) is 2.37. The maximum Gasteiger partial charge on any atom is 0.188 e. The Balaban J connectivity index is 1.58. The highest BCUT2D eigenvalue weighted by Gasteiger charge is 2.20. The molecular formula is C26H29FO3. The molecule has 0 radical (unpaired) electrons. The number of methoxy groups -OCH3 is 1. The average Bonchev–Trinajstić information content (AvgIpc) is 2.75. The molecular weight excluding hydrogens is 379 g/mol. The summed E-state index contributed by atoms with van der Waals surface area (Å²) < 4.78 is 30.3. The van der Waals surface area contributed by atoms with Gasteiger partial charge in [-0.1, -0.05) is 50.2 Å². The molecule has 3 aromatic carbocycles. The largest absolute Gasteiger partial charge is 0.468 e. The second kappa shape index (κ2) is 10.3. The fraction of sp³-hybridized carbons (Fsp3) is 0.308. The molecule has 0 saturated carbocycles. The van der Waals surface area contributed by atoms with Crippen LogP contribution >= 0.6 is 0 Å². The van der Waals surface area contributed by atoms with Crippen LogP contribution < -0.4 is 9.47 Å². The number of rotatable bonds is 10. The Morgan fingerprint density at radius 1 is 0.867 bits per heavy atom. The van der Waals surface area contributed by atoms with Crippen molar-refractivity contribution in [1.82, 2.24) is 0 Å². The summed E-state index contributed by atoms with van der Waals surface area (Å²) >= 11 is 0. The molecule has 0 amide bonds. The van der Waals surface area contributed by atoms with Crippen LogP contribution in [0.4, 0.5) is 4.39 Å². The lowest BCUT2D eigenvalue weighted by molar-refractivity contribution is 0.0511. The summed E-state index contributed by atoms with van der Waals surface area (Å²) in [6.07, 6.45) is 2.87. The Morgan fingerprint density at radius 3 is 2.30 bits per heavy atom. The Labute approximate surface area is 178 Å². The topological polar surface area (TPSA) is 27.7 Å². The van der Waals surface area contributed by atoms with Crippen molar-refractivity contribution in [3.63, 3.8) is 0 Å². The molecule has 0 aromatic heterocycles. The van der Waals surface area contributed by atoms with Crippen molar-refractivity contribution in [2.45, 2.75) is 38.5 Å². The number of halogens is 1. The SMILES string of the molecule is COCOc1ccc(C(C)(C)CCCc2ccc(F)c(Oc3ccccc3)c2)cc1. The normalized spacial score (nSPS) is 11.3. The van der Waals surface area contributed by atoms with Crippen LogP contribution in [0.5, 0.6) is 17.2 Å². The van der Waals surface area contributed by atoms with Gasteiger partial charge >= 0.3 is 0 Å². The van der Waals surface area contributed by atoms with Crippen molar-refractivity contribution >= 4 is 0 Å². The van der Waals surface area contributed by atoms with Gasteiger partial charge in [-0.25, -0.2) is 4.39 Å². The highest BCUT2D eigenvalue weighted by molar-refractivity contribution is 5.35. The molecule has 0 N–H and O–H groups in total. The number of para-hydroxylation sites is 1. The van der Waals surface area contributed by atoms with E-state index in [-0.39, 0.29) is 23.8 Å². The minimum atomic E-state index is -0.348. The number of benzene rings is 3. The number of hydrogen-bond donors (Lipinski definition) is 0. The van der Waals surface area contributed by atoms with Crippen LogP contribution in [0.2, 0.25) is 0 Å². The van der Waals surface area contributed by atoms with Gasteiger partial charge in [-0.05, 0) is 72.2 Å². The molecule has 0 aliphatic rings. The third kappa shape index (κ3) is 6.07. The van der Waals surface area contributed by atoms with E-state index < -0.39 is 0 Å². The van der Waals surface area contributed by atoms with E-state index in [1.54, 1.807) is 13.2 Å². The summed E-state index contributed by atoms with van der Waals surface area (Å²) in [7, 11) is 1.61. The van der Waals surface area contributed by atoms with Crippen LogP contribution in [-0.2, 0) is 16.6 Å². The standard InChI is InChI=1S/C26H29FO3/c1-26(2,21-12-14-22(15-13-21)29-19-28-3)17-7-8-20-11-16-24(27)25(18-20)30-23-9-5-4-6-10-23/h4-6,9-16,18H,7-8,17,19H2,1-3H3. The van der Waals surface area contributed by atoms with Gasteiger partial charge in [-0.3, -0.25) is 0 Å². The van der Waals surface area contributed by atoms with Crippen LogP contribution in [0.3, 0.4) is 0 Å². The van der Waals surface area contributed by atoms with Gasteiger partial charge in [0.2, 0.25) is 0 Å². The van der Waals surface area contributed by atoms with Crippen LogP contribution in [0, 0.1) is 5.82 Å². The molecule has 0 spiro atoms. The first kappa shape index (κ1) is 21.8. The van der Waals surface area contributed by atoms with Gasteiger partial charge in [-0.2, -0.15) is 0 Å². The first-order chi connectivity index (χ1) is 14.5. The fourth-order valence-electron chi connectivity index (χ4n) is 3.41. The molecule has 0 saturated heterocycles. The highest BCUT2D eigenvalue weighted by Crippen LogP contribution is 2.31. The molecule has 158 valence electrons. The molecule has 3 rings (SSSR count). The molecule has 0 aliphatic carbocycles. The van der Waals surface area contributed by atoms with Crippen molar-refractivity contribution in [3.8, 4) is 17.2 Å². The Hall–Kier alpha value is -2.85. The van der Waals surface area contributed by atoms with Crippen molar-refractivity contribution < 1.29 is 18.6 Å². The lowest BCUT2D eigenvalue weighted by Crippen LogP contribution is -2.17. The van der Waals surface area contributed by atoms with Gasteiger partial charge in [0.05, 0.1) is 0 Å². The van der Waals surface area contributed by atoms with E-state index in [0.717, 1.165) is 30.6 Å². The van der Waals surface area contributed by atoms with Gasteiger partial charge in [0, 0.05) is 7.11 Å². The molecule has 3 aromatic rings. The van der Waals surface area contributed by atoms with E-state index in [0.29, 0.717) is 5.75 Å². The van der Waals surface area contributed by atoms with Crippen molar-refractivity contribution in [2.75, 3.05) is 13.9 Å².